The first kappa shape index (κ1) is 15.1. The van der Waals surface area contributed by atoms with Crippen LogP contribution in [0.4, 0.5) is 0 Å². The molecule has 1 unspecified atom stereocenters. The molecule has 0 aliphatic rings. The van der Waals surface area contributed by atoms with E-state index in [1.165, 1.54) is 0 Å². The van der Waals surface area contributed by atoms with Gasteiger partial charge in [-0.15, -0.1) is 0 Å². The van der Waals surface area contributed by atoms with Gasteiger partial charge in [-0.05, 0) is 49.9 Å². The molecule has 1 atom stereocenters. The van der Waals surface area contributed by atoms with Gasteiger partial charge in [-0.25, -0.2) is 13.1 Å². The van der Waals surface area contributed by atoms with Crippen molar-refractivity contribution in [2.45, 2.75) is 44.6 Å². The fraction of sp³-hybridized carbons (Fsp3) is 0.538. The van der Waals surface area contributed by atoms with Crippen molar-refractivity contribution in [2.75, 3.05) is 6.54 Å². The zero-order valence-electron chi connectivity index (χ0n) is 11.1. The lowest BCUT2D eigenvalue weighted by Gasteiger charge is -2.10. The number of aliphatic hydroxyl groups excluding tert-OH is 1. The molecule has 0 saturated heterocycles. The first-order chi connectivity index (χ1) is 8.36. The normalized spacial score (nSPS) is 13.6. The fourth-order valence-corrected chi connectivity index (χ4v) is 2.66. The van der Waals surface area contributed by atoms with Gasteiger partial charge >= 0.3 is 0 Å². The first-order valence-corrected chi connectivity index (χ1v) is 7.60. The maximum absolute atomic E-state index is 12.0. The average Bonchev–Trinajstić information content (AvgIpc) is 2.32. The van der Waals surface area contributed by atoms with Crippen LogP contribution in [0.2, 0.25) is 0 Å². The smallest absolute Gasteiger partial charge is 0.240 e. The molecule has 102 valence electrons. The minimum absolute atomic E-state index is 0.254. The van der Waals surface area contributed by atoms with Gasteiger partial charge in [0.1, 0.15) is 0 Å². The highest BCUT2D eigenvalue weighted by Crippen LogP contribution is 2.14. The van der Waals surface area contributed by atoms with E-state index in [1.807, 2.05) is 20.8 Å². The van der Waals surface area contributed by atoms with Gasteiger partial charge in [0.05, 0.1) is 11.0 Å². The quantitative estimate of drug-likeness (QED) is 0.828. The van der Waals surface area contributed by atoms with Crippen molar-refractivity contribution in [2.24, 2.45) is 0 Å². The van der Waals surface area contributed by atoms with Crippen molar-refractivity contribution in [3.8, 4) is 0 Å². The van der Waals surface area contributed by atoms with E-state index in [9.17, 15) is 13.5 Å². The molecule has 0 heterocycles. The molecule has 0 spiro atoms. The monoisotopic (exact) mass is 271 g/mol. The van der Waals surface area contributed by atoms with Crippen LogP contribution < -0.4 is 4.72 Å². The lowest BCUT2D eigenvalue weighted by Crippen LogP contribution is -2.27. The zero-order valence-corrected chi connectivity index (χ0v) is 11.9. The molecule has 0 radical (unpaired) electrons. The van der Waals surface area contributed by atoms with Gasteiger partial charge in [-0.3, -0.25) is 0 Å². The predicted molar refractivity (Wildman–Crippen MR) is 72.0 cm³/mol. The highest BCUT2D eigenvalue weighted by molar-refractivity contribution is 7.89. The SMILES string of the molecule is CCC(O)CCNS(=O)(=O)c1ccc(C)c(C)c1. The summed E-state index contributed by atoms with van der Waals surface area (Å²) in [5.41, 5.74) is 2.02. The molecular weight excluding hydrogens is 250 g/mol. The van der Waals surface area contributed by atoms with E-state index in [2.05, 4.69) is 4.72 Å². The summed E-state index contributed by atoms with van der Waals surface area (Å²) in [6.45, 7) is 5.94. The summed E-state index contributed by atoms with van der Waals surface area (Å²) in [5, 5.41) is 9.37. The van der Waals surface area contributed by atoms with Crippen molar-refractivity contribution >= 4 is 10.0 Å². The molecule has 18 heavy (non-hydrogen) atoms. The van der Waals surface area contributed by atoms with Crippen molar-refractivity contribution in [3.63, 3.8) is 0 Å². The largest absolute Gasteiger partial charge is 0.393 e. The van der Waals surface area contributed by atoms with Gasteiger partial charge in [0.25, 0.3) is 0 Å². The number of hydrogen-bond acceptors (Lipinski definition) is 3. The van der Waals surface area contributed by atoms with Crippen LogP contribution in [0.25, 0.3) is 0 Å². The Bertz CT molecular complexity index is 497. The van der Waals surface area contributed by atoms with Crippen molar-refractivity contribution in [3.05, 3.63) is 29.3 Å². The van der Waals surface area contributed by atoms with Crippen LogP contribution in [0.5, 0.6) is 0 Å². The third kappa shape index (κ3) is 4.08. The highest BCUT2D eigenvalue weighted by Gasteiger charge is 2.14. The second-order valence-electron chi connectivity index (χ2n) is 4.49. The van der Waals surface area contributed by atoms with Crippen LogP contribution in [0, 0.1) is 13.8 Å². The lowest BCUT2D eigenvalue weighted by molar-refractivity contribution is 0.162. The standard InChI is InChI=1S/C13H21NO3S/c1-4-12(15)7-8-14-18(16,17)13-6-5-10(2)11(3)9-13/h5-6,9,12,14-15H,4,7-8H2,1-3H3. The molecule has 1 rings (SSSR count). The summed E-state index contributed by atoms with van der Waals surface area (Å²) in [5.74, 6) is 0. The molecule has 0 saturated carbocycles. The van der Waals surface area contributed by atoms with E-state index < -0.39 is 16.1 Å². The predicted octanol–water partition coefficient (Wildman–Crippen LogP) is 1.74. The number of aryl methyl sites for hydroxylation is 2. The summed E-state index contributed by atoms with van der Waals surface area (Å²) in [6.07, 6.45) is 0.610. The van der Waals surface area contributed by atoms with E-state index in [4.69, 9.17) is 0 Å². The van der Waals surface area contributed by atoms with Crippen molar-refractivity contribution in [1.29, 1.82) is 0 Å². The summed E-state index contributed by atoms with van der Waals surface area (Å²) in [4.78, 5) is 0.275. The highest BCUT2D eigenvalue weighted by atomic mass is 32.2. The fourth-order valence-electron chi connectivity index (χ4n) is 1.53. The van der Waals surface area contributed by atoms with Crippen LogP contribution in [0.15, 0.2) is 23.1 Å². The Morgan fingerprint density at radius 2 is 1.94 bits per heavy atom. The van der Waals surface area contributed by atoms with Gasteiger partial charge in [-0.1, -0.05) is 13.0 Å². The minimum atomic E-state index is -3.46. The number of sulfonamides is 1. The first-order valence-electron chi connectivity index (χ1n) is 6.11. The molecule has 5 heteroatoms. The van der Waals surface area contributed by atoms with Gasteiger partial charge in [0.2, 0.25) is 10.0 Å². The molecule has 0 aliphatic heterocycles. The van der Waals surface area contributed by atoms with Crippen LogP contribution in [-0.2, 0) is 10.0 Å². The molecular formula is C13H21NO3S. The molecule has 1 aromatic rings. The second-order valence-corrected chi connectivity index (χ2v) is 6.26. The van der Waals surface area contributed by atoms with Gasteiger partial charge in [0, 0.05) is 6.54 Å². The Morgan fingerprint density at radius 3 is 2.50 bits per heavy atom. The van der Waals surface area contributed by atoms with Crippen molar-refractivity contribution in [1.82, 2.24) is 4.72 Å². The second kappa shape index (κ2) is 6.31. The van der Waals surface area contributed by atoms with Crippen LogP contribution >= 0.6 is 0 Å². The molecule has 1 aromatic carbocycles. The zero-order chi connectivity index (χ0) is 13.8. The van der Waals surface area contributed by atoms with E-state index >= 15 is 0 Å². The Kier molecular flexibility index (Phi) is 5.31. The Morgan fingerprint density at radius 1 is 1.28 bits per heavy atom. The number of hydrogen-bond donors (Lipinski definition) is 2. The molecule has 0 fully saturated rings. The van der Waals surface area contributed by atoms with E-state index in [0.717, 1.165) is 11.1 Å². The lowest BCUT2D eigenvalue weighted by atomic mass is 10.1. The van der Waals surface area contributed by atoms with Crippen LogP contribution in [0.1, 0.15) is 30.9 Å². The number of rotatable bonds is 6. The molecule has 0 aromatic heterocycles. The molecule has 0 bridgehead atoms. The average molecular weight is 271 g/mol. The van der Waals surface area contributed by atoms with E-state index in [0.29, 0.717) is 12.8 Å². The topological polar surface area (TPSA) is 66.4 Å². The number of benzene rings is 1. The Balaban J connectivity index is 2.71. The Hall–Kier alpha value is -0.910. The maximum atomic E-state index is 12.0. The third-order valence-corrected chi connectivity index (χ3v) is 4.49. The van der Waals surface area contributed by atoms with Crippen LogP contribution in [-0.4, -0.2) is 26.2 Å². The molecule has 0 amide bonds. The summed E-state index contributed by atoms with van der Waals surface area (Å²) in [6, 6.07) is 5.06. The van der Waals surface area contributed by atoms with Crippen molar-refractivity contribution < 1.29 is 13.5 Å². The van der Waals surface area contributed by atoms with E-state index in [1.54, 1.807) is 18.2 Å². The Labute approximate surface area is 109 Å². The summed E-state index contributed by atoms with van der Waals surface area (Å²) < 4.78 is 26.4. The van der Waals surface area contributed by atoms with Gasteiger partial charge in [0.15, 0.2) is 0 Å². The molecule has 2 N–H and O–H groups in total. The van der Waals surface area contributed by atoms with Gasteiger partial charge < -0.3 is 5.11 Å². The minimum Gasteiger partial charge on any atom is -0.393 e. The van der Waals surface area contributed by atoms with Gasteiger partial charge in [-0.2, -0.15) is 0 Å². The maximum Gasteiger partial charge on any atom is 0.240 e. The number of nitrogens with one attached hydrogen (secondary N) is 1. The number of aliphatic hydroxyl groups is 1. The van der Waals surface area contributed by atoms with E-state index in [-0.39, 0.29) is 11.4 Å². The van der Waals surface area contributed by atoms with Crippen LogP contribution in [0.3, 0.4) is 0 Å². The molecule has 0 aliphatic carbocycles. The summed E-state index contributed by atoms with van der Waals surface area (Å²) in [7, 11) is -3.46. The summed E-state index contributed by atoms with van der Waals surface area (Å²) >= 11 is 0. The third-order valence-electron chi connectivity index (χ3n) is 3.03. The molecule has 4 nitrogen and oxygen atoms in total.